The van der Waals surface area contributed by atoms with Gasteiger partial charge in [0.15, 0.2) is 0 Å². The summed E-state index contributed by atoms with van der Waals surface area (Å²) in [7, 11) is 3.25. The summed E-state index contributed by atoms with van der Waals surface area (Å²) in [6, 6.07) is 14.7. The summed E-state index contributed by atoms with van der Waals surface area (Å²) < 4.78 is 15.5. The lowest BCUT2D eigenvalue weighted by Crippen LogP contribution is -2.14. The van der Waals surface area contributed by atoms with Crippen LogP contribution < -0.4 is 14.8 Å². The van der Waals surface area contributed by atoms with E-state index in [-0.39, 0.29) is 5.91 Å². The fourth-order valence-electron chi connectivity index (χ4n) is 2.01. The highest BCUT2D eigenvalue weighted by molar-refractivity contribution is 5.92. The van der Waals surface area contributed by atoms with E-state index in [1.54, 1.807) is 14.2 Å². The minimum atomic E-state index is -0.0665. The quantitative estimate of drug-likeness (QED) is 0.761. The monoisotopic (exact) mass is 315 g/mol. The smallest absolute Gasteiger partial charge is 0.228 e. The maximum absolute atomic E-state index is 12.0. The third kappa shape index (κ3) is 5.64. The number of carbonyl (C=O) groups excluding carboxylic acids is 1. The van der Waals surface area contributed by atoms with Crippen LogP contribution >= 0.6 is 0 Å². The molecule has 122 valence electrons. The van der Waals surface area contributed by atoms with Crippen LogP contribution in [0.4, 0.5) is 5.69 Å². The predicted octanol–water partition coefficient (Wildman–Crippen LogP) is 2.90. The van der Waals surface area contributed by atoms with Gasteiger partial charge >= 0.3 is 0 Å². The molecule has 0 saturated carbocycles. The molecule has 0 saturated heterocycles. The van der Waals surface area contributed by atoms with Gasteiger partial charge in [-0.2, -0.15) is 0 Å². The van der Waals surface area contributed by atoms with Gasteiger partial charge in [-0.15, -0.1) is 0 Å². The number of benzene rings is 2. The minimum Gasteiger partial charge on any atom is -0.497 e. The van der Waals surface area contributed by atoms with Crippen LogP contribution in [0.1, 0.15) is 5.56 Å². The highest BCUT2D eigenvalue weighted by Crippen LogP contribution is 2.16. The molecule has 5 nitrogen and oxygen atoms in total. The predicted molar refractivity (Wildman–Crippen MR) is 89.1 cm³/mol. The van der Waals surface area contributed by atoms with Crippen molar-refractivity contribution in [2.75, 3.05) is 32.8 Å². The summed E-state index contributed by atoms with van der Waals surface area (Å²) in [5, 5.41) is 2.86. The highest BCUT2D eigenvalue weighted by atomic mass is 16.5. The second-order valence-electron chi connectivity index (χ2n) is 4.94. The van der Waals surface area contributed by atoms with E-state index in [1.165, 1.54) is 0 Å². The van der Waals surface area contributed by atoms with Crippen LogP contribution in [0.3, 0.4) is 0 Å². The van der Waals surface area contributed by atoms with Gasteiger partial charge in [0.05, 0.1) is 20.1 Å². The first-order valence-electron chi connectivity index (χ1n) is 7.36. The van der Waals surface area contributed by atoms with Crippen LogP contribution in [0.5, 0.6) is 11.5 Å². The molecule has 0 fully saturated rings. The average Bonchev–Trinajstić information content (AvgIpc) is 2.57. The maximum atomic E-state index is 12.0. The van der Waals surface area contributed by atoms with Crippen molar-refractivity contribution in [3.63, 3.8) is 0 Å². The maximum Gasteiger partial charge on any atom is 0.228 e. The van der Waals surface area contributed by atoms with E-state index in [1.807, 2.05) is 48.5 Å². The Labute approximate surface area is 136 Å². The van der Waals surface area contributed by atoms with Crippen molar-refractivity contribution in [2.45, 2.75) is 6.42 Å². The fourth-order valence-corrected chi connectivity index (χ4v) is 2.01. The summed E-state index contributed by atoms with van der Waals surface area (Å²) in [5.74, 6) is 1.46. The van der Waals surface area contributed by atoms with Crippen molar-refractivity contribution in [3.05, 3.63) is 54.1 Å². The molecule has 0 spiro atoms. The van der Waals surface area contributed by atoms with Gasteiger partial charge < -0.3 is 19.5 Å². The van der Waals surface area contributed by atoms with Crippen molar-refractivity contribution < 1.29 is 19.0 Å². The summed E-state index contributed by atoms with van der Waals surface area (Å²) in [6.07, 6.45) is 0.316. The van der Waals surface area contributed by atoms with Gasteiger partial charge in [-0.25, -0.2) is 0 Å². The number of amides is 1. The van der Waals surface area contributed by atoms with Crippen LogP contribution in [-0.2, 0) is 16.0 Å². The second kappa shape index (κ2) is 8.80. The molecule has 0 unspecified atom stereocenters. The number of ether oxygens (including phenoxy) is 3. The van der Waals surface area contributed by atoms with Gasteiger partial charge in [0.1, 0.15) is 18.1 Å². The van der Waals surface area contributed by atoms with Gasteiger partial charge in [-0.05, 0) is 42.0 Å². The topological polar surface area (TPSA) is 56.8 Å². The molecule has 0 atom stereocenters. The number of rotatable bonds is 8. The van der Waals surface area contributed by atoms with Gasteiger partial charge in [-0.3, -0.25) is 4.79 Å². The summed E-state index contributed by atoms with van der Waals surface area (Å²) in [6.45, 7) is 1.04. The number of nitrogens with one attached hydrogen (secondary N) is 1. The lowest BCUT2D eigenvalue weighted by molar-refractivity contribution is -0.115. The molecule has 5 heteroatoms. The Morgan fingerprint density at radius 2 is 1.57 bits per heavy atom. The van der Waals surface area contributed by atoms with Crippen LogP contribution in [0.25, 0.3) is 0 Å². The van der Waals surface area contributed by atoms with Crippen molar-refractivity contribution >= 4 is 11.6 Å². The van der Waals surface area contributed by atoms with Crippen LogP contribution in [0, 0.1) is 0 Å². The standard InChI is InChI=1S/C18H21NO4/c1-21-11-12-23-17-9-5-15(6-10-17)19-18(20)13-14-3-7-16(22-2)8-4-14/h3-10H,11-13H2,1-2H3,(H,19,20). The van der Waals surface area contributed by atoms with Crippen LogP contribution in [0.15, 0.2) is 48.5 Å². The molecule has 23 heavy (non-hydrogen) atoms. The van der Waals surface area contributed by atoms with Crippen molar-refractivity contribution in [3.8, 4) is 11.5 Å². The molecule has 1 N–H and O–H groups in total. The van der Waals surface area contributed by atoms with Crippen molar-refractivity contribution in [2.24, 2.45) is 0 Å². The molecule has 1 amide bonds. The number of methoxy groups -OCH3 is 2. The largest absolute Gasteiger partial charge is 0.497 e. The first kappa shape index (κ1) is 16.8. The van der Waals surface area contributed by atoms with Gasteiger partial charge in [0.2, 0.25) is 5.91 Å². The van der Waals surface area contributed by atoms with Crippen LogP contribution in [0.2, 0.25) is 0 Å². The number of anilines is 1. The molecule has 0 bridgehead atoms. The summed E-state index contributed by atoms with van der Waals surface area (Å²) in [5.41, 5.74) is 1.67. The molecular formula is C18H21NO4. The van der Waals surface area contributed by atoms with E-state index >= 15 is 0 Å². The molecule has 0 aliphatic heterocycles. The first-order valence-corrected chi connectivity index (χ1v) is 7.36. The number of hydrogen-bond acceptors (Lipinski definition) is 4. The molecule has 2 aromatic carbocycles. The minimum absolute atomic E-state index is 0.0665. The Bertz CT molecular complexity index is 608. The zero-order valence-corrected chi connectivity index (χ0v) is 13.4. The summed E-state index contributed by atoms with van der Waals surface area (Å²) >= 11 is 0. The fraction of sp³-hybridized carbons (Fsp3) is 0.278. The Kier molecular flexibility index (Phi) is 6.44. The third-order valence-corrected chi connectivity index (χ3v) is 3.22. The van der Waals surface area contributed by atoms with Gasteiger partial charge in [-0.1, -0.05) is 12.1 Å². The van der Waals surface area contributed by atoms with E-state index < -0.39 is 0 Å². The lowest BCUT2D eigenvalue weighted by atomic mass is 10.1. The molecule has 0 aliphatic carbocycles. The molecule has 0 heterocycles. The Balaban J connectivity index is 1.84. The number of hydrogen-bond donors (Lipinski definition) is 1. The zero-order valence-electron chi connectivity index (χ0n) is 13.4. The van der Waals surface area contributed by atoms with E-state index in [0.29, 0.717) is 19.6 Å². The average molecular weight is 315 g/mol. The highest BCUT2D eigenvalue weighted by Gasteiger charge is 2.05. The Morgan fingerprint density at radius 1 is 0.913 bits per heavy atom. The lowest BCUT2D eigenvalue weighted by Gasteiger charge is -2.08. The molecular weight excluding hydrogens is 294 g/mol. The van der Waals surface area contributed by atoms with E-state index in [2.05, 4.69) is 5.32 Å². The van der Waals surface area contributed by atoms with Crippen molar-refractivity contribution in [1.82, 2.24) is 0 Å². The Morgan fingerprint density at radius 3 is 2.17 bits per heavy atom. The molecule has 2 rings (SSSR count). The first-order chi connectivity index (χ1) is 11.2. The third-order valence-electron chi connectivity index (χ3n) is 3.22. The second-order valence-corrected chi connectivity index (χ2v) is 4.94. The molecule has 0 aliphatic rings. The van der Waals surface area contributed by atoms with Crippen molar-refractivity contribution in [1.29, 1.82) is 0 Å². The van der Waals surface area contributed by atoms with Gasteiger partial charge in [0.25, 0.3) is 0 Å². The van der Waals surface area contributed by atoms with E-state index in [9.17, 15) is 4.79 Å². The molecule has 2 aromatic rings. The van der Waals surface area contributed by atoms with E-state index in [0.717, 1.165) is 22.7 Å². The van der Waals surface area contributed by atoms with Gasteiger partial charge in [0, 0.05) is 12.8 Å². The summed E-state index contributed by atoms with van der Waals surface area (Å²) in [4.78, 5) is 12.0. The Hall–Kier alpha value is -2.53. The molecule has 0 radical (unpaired) electrons. The van der Waals surface area contributed by atoms with Crippen LogP contribution in [-0.4, -0.2) is 33.3 Å². The molecule has 0 aromatic heterocycles. The SMILES string of the molecule is COCCOc1ccc(NC(=O)Cc2ccc(OC)cc2)cc1. The van der Waals surface area contributed by atoms with E-state index in [4.69, 9.17) is 14.2 Å². The number of carbonyl (C=O) groups is 1. The normalized spacial score (nSPS) is 10.2. The zero-order chi connectivity index (χ0) is 16.5.